The van der Waals surface area contributed by atoms with Crippen LogP contribution < -0.4 is 5.56 Å². The summed E-state index contributed by atoms with van der Waals surface area (Å²) < 4.78 is 13.5. The first-order chi connectivity index (χ1) is 15.3. The first kappa shape index (κ1) is 16.5. The number of hydrogen-bond donors (Lipinski definition) is 0. The van der Waals surface area contributed by atoms with E-state index in [9.17, 15) is 4.79 Å². The average Bonchev–Trinajstić information content (AvgIpc) is 3.36. The molecule has 0 aliphatic rings. The lowest BCUT2D eigenvalue weighted by molar-refractivity contribution is 0.653. The topological polar surface area (TPSA) is 47.8 Å². The molecule has 146 valence electrons. The highest BCUT2D eigenvalue weighted by Crippen LogP contribution is 2.33. The summed E-state index contributed by atoms with van der Waals surface area (Å²) in [6, 6.07) is 29.7. The van der Waals surface area contributed by atoms with Crippen LogP contribution in [0.25, 0.3) is 60.7 Å². The molecule has 0 aliphatic heterocycles. The van der Waals surface area contributed by atoms with Crippen molar-refractivity contribution in [2.24, 2.45) is 0 Å². The number of aromatic nitrogens is 1. The van der Waals surface area contributed by atoms with E-state index in [2.05, 4.69) is 18.2 Å². The summed E-state index contributed by atoms with van der Waals surface area (Å²) in [7, 11) is 0. The van der Waals surface area contributed by atoms with Crippen LogP contribution in [0.2, 0.25) is 0 Å². The second-order valence-electron chi connectivity index (χ2n) is 7.80. The zero-order valence-electron chi connectivity index (χ0n) is 16.3. The van der Waals surface area contributed by atoms with E-state index >= 15 is 0 Å². The predicted octanol–water partition coefficient (Wildman–Crippen LogP) is 6.77. The Hall–Kier alpha value is -4.31. The largest absolute Gasteiger partial charge is 0.456 e. The molecule has 0 saturated heterocycles. The molecule has 0 aliphatic carbocycles. The number of nitrogens with zero attached hydrogens (tertiary/aromatic N) is 1. The van der Waals surface area contributed by atoms with Crippen LogP contribution in [0, 0.1) is 0 Å². The predicted molar refractivity (Wildman–Crippen MR) is 124 cm³/mol. The van der Waals surface area contributed by atoms with Crippen LogP contribution >= 0.6 is 0 Å². The summed E-state index contributed by atoms with van der Waals surface area (Å²) in [5.41, 5.74) is 5.83. The Labute approximate surface area is 175 Å². The van der Waals surface area contributed by atoms with Gasteiger partial charge in [0.1, 0.15) is 11.2 Å². The van der Waals surface area contributed by atoms with E-state index in [-0.39, 0.29) is 5.56 Å². The van der Waals surface area contributed by atoms with Crippen molar-refractivity contribution in [3.05, 3.63) is 101 Å². The van der Waals surface area contributed by atoms with Crippen molar-refractivity contribution in [2.75, 3.05) is 0 Å². The van der Waals surface area contributed by atoms with Gasteiger partial charge < -0.3 is 8.83 Å². The Morgan fingerprint density at radius 1 is 0.581 bits per heavy atom. The molecule has 31 heavy (non-hydrogen) atoms. The third-order valence-corrected chi connectivity index (χ3v) is 6.02. The molecule has 0 bridgehead atoms. The Bertz CT molecular complexity index is 1870. The Balaban J connectivity index is 1.48. The summed E-state index contributed by atoms with van der Waals surface area (Å²) in [6.45, 7) is 0. The molecular weight excluding hydrogens is 386 g/mol. The molecule has 7 rings (SSSR count). The van der Waals surface area contributed by atoms with E-state index in [1.54, 1.807) is 4.40 Å². The molecule has 0 saturated carbocycles. The van der Waals surface area contributed by atoms with Crippen LogP contribution in [0.15, 0.2) is 105 Å². The molecule has 0 atom stereocenters. The maximum absolute atomic E-state index is 13.2. The second-order valence-corrected chi connectivity index (χ2v) is 7.80. The van der Waals surface area contributed by atoms with Crippen molar-refractivity contribution in [1.82, 2.24) is 4.40 Å². The van der Waals surface area contributed by atoms with E-state index in [0.29, 0.717) is 16.7 Å². The Morgan fingerprint density at radius 2 is 1.32 bits per heavy atom. The number of para-hydroxylation sites is 3. The van der Waals surface area contributed by atoms with Crippen LogP contribution in [0.4, 0.5) is 0 Å². The number of furan rings is 1. The van der Waals surface area contributed by atoms with Crippen molar-refractivity contribution in [1.29, 1.82) is 0 Å². The lowest BCUT2D eigenvalue weighted by Crippen LogP contribution is -2.12. The highest BCUT2D eigenvalue weighted by atomic mass is 16.3. The fraction of sp³-hybridized carbons (Fsp3) is 0. The smallest absolute Gasteiger partial charge is 0.265 e. The van der Waals surface area contributed by atoms with Crippen molar-refractivity contribution in [3.63, 3.8) is 0 Å². The maximum atomic E-state index is 13.2. The summed E-state index contributed by atoms with van der Waals surface area (Å²) in [6.07, 6.45) is 0. The summed E-state index contributed by atoms with van der Waals surface area (Å²) in [4.78, 5) is 13.2. The molecule has 0 unspecified atom stereocenters. The monoisotopic (exact) mass is 401 g/mol. The van der Waals surface area contributed by atoms with Crippen LogP contribution in [0.3, 0.4) is 0 Å². The molecule has 0 fully saturated rings. The molecule has 3 aromatic heterocycles. The van der Waals surface area contributed by atoms with E-state index < -0.39 is 0 Å². The van der Waals surface area contributed by atoms with Gasteiger partial charge in [0.2, 0.25) is 5.71 Å². The molecule has 4 nitrogen and oxygen atoms in total. The van der Waals surface area contributed by atoms with Crippen molar-refractivity contribution >= 4 is 49.5 Å². The van der Waals surface area contributed by atoms with Crippen molar-refractivity contribution in [3.8, 4) is 11.1 Å². The average molecular weight is 401 g/mol. The third kappa shape index (κ3) is 2.27. The van der Waals surface area contributed by atoms with Crippen LogP contribution in [0.5, 0.6) is 0 Å². The number of pyridine rings is 1. The van der Waals surface area contributed by atoms with Gasteiger partial charge in [0.25, 0.3) is 5.56 Å². The minimum absolute atomic E-state index is 0.0692. The fourth-order valence-corrected chi connectivity index (χ4v) is 4.52. The summed E-state index contributed by atoms with van der Waals surface area (Å²) >= 11 is 0. The molecule has 3 heterocycles. The molecule has 4 heteroatoms. The van der Waals surface area contributed by atoms with Gasteiger partial charge in [-0.3, -0.25) is 4.79 Å². The minimum atomic E-state index is -0.0692. The molecule has 7 aromatic rings. The van der Waals surface area contributed by atoms with Gasteiger partial charge in [-0.25, -0.2) is 4.40 Å². The van der Waals surface area contributed by atoms with E-state index in [0.717, 1.165) is 44.0 Å². The van der Waals surface area contributed by atoms with Gasteiger partial charge in [-0.15, -0.1) is 0 Å². The van der Waals surface area contributed by atoms with E-state index in [1.165, 1.54) is 0 Å². The van der Waals surface area contributed by atoms with E-state index in [4.69, 9.17) is 8.83 Å². The van der Waals surface area contributed by atoms with Gasteiger partial charge in [-0.05, 0) is 59.0 Å². The number of rotatable bonds is 1. The molecule has 4 aromatic carbocycles. The molecule has 0 radical (unpaired) electrons. The number of oxazole rings is 1. The Kier molecular flexibility index (Phi) is 3.12. The van der Waals surface area contributed by atoms with E-state index in [1.807, 2.05) is 72.8 Å². The zero-order chi connectivity index (χ0) is 20.5. The summed E-state index contributed by atoms with van der Waals surface area (Å²) in [5, 5.41) is 3.71. The highest BCUT2D eigenvalue weighted by Gasteiger charge is 2.13. The normalized spacial score (nSPS) is 12.0. The molecule has 0 N–H and O–H groups in total. The first-order valence-corrected chi connectivity index (χ1v) is 10.1. The SMILES string of the molecule is O=c1c2ccc(-c3ccc4oc5ccccc5c4c3)cc2cc2oc3ccccc3n12. The fourth-order valence-electron chi connectivity index (χ4n) is 4.52. The Morgan fingerprint density at radius 3 is 2.26 bits per heavy atom. The molecule has 0 amide bonds. The number of benzene rings is 4. The maximum Gasteiger partial charge on any atom is 0.265 e. The van der Waals surface area contributed by atoms with Gasteiger partial charge in [0.05, 0.1) is 5.52 Å². The standard InChI is InChI=1S/C27H15NO3/c29-27-19-11-9-16(13-18(19)15-26-28(27)22-6-2-4-8-25(22)31-26)17-10-12-24-21(14-17)20-5-1-3-7-23(20)30-24/h1-15H. The lowest BCUT2D eigenvalue weighted by Gasteiger charge is -2.05. The molecule has 0 spiro atoms. The van der Waals surface area contributed by atoms with Crippen molar-refractivity contribution in [2.45, 2.75) is 0 Å². The van der Waals surface area contributed by atoms with Gasteiger partial charge >= 0.3 is 0 Å². The van der Waals surface area contributed by atoms with Crippen molar-refractivity contribution < 1.29 is 8.83 Å². The quantitative estimate of drug-likeness (QED) is 0.305. The highest BCUT2D eigenvalue weighted by molar-refractivity contribution is 6.06. The molecular formula is C27H15NO3. The van der Waals surface area contributed by atoms with Gasteiger partial charge in [-0.2, -0.15) is 0 Å². The van der Waals surface area contributed by atoms with Gasteiger partial charge in [0, 0.05) is 22.2 Å². The summed E-state index contributed by atoms with van der Waals surface area (Å²) in [5.74, 6) is 0. The lowest BCUT2D eigenvalue weighted by atomic mass is 10.00. The van der Waals surface area contributed by atoms with Crippen LogP contribution in [-0.2, 0) is 0 Å². The zero-order valence-corrected chi connectivity index (χ0v) is 16.3. The minimum Gasteiger partial charge on any atom is -0.456 e. The second kappa shape index (κ2) is 5.86. The van der Waals surface area contributed by atoms with Gasteiger partial charge in [-0.1, -0.05) is 42.5 Å². The first-order valence-electron chi connectivity index (χ1n) is 10.1. The number of hydrogen-bond acceptors (Lipinski definition) is 3. The van der Waals surface area contributed by atoms with Crippen LogP contribution in [0.1, 0.15) is 0 Å². The van der Waals surface area contributed by atoms with Gasteiger partial charge in [0.15, 0.2) is 5.58 Å². The third-order valence-electron chi connectivity index (χ3n) is 6.02. The van der Waals surface area contributed by atoms with Crippen LogP contribution in [-0.4, -0.2) is 4.40 Å². The number of fused-ring (bicyclic) bond motifs is 7.